The Labute approximate surface area is 99.0 Å². The summed E-state index contributed by atoms with van der Waals surface area (Å²) in [7, 11) is 0.796. The third-order valence-electron chi connectivity index (χ3n) is 2.25. The highest BCUT2D eigenvalue weighted by atomic mass is 19.2. The van der Waals surface area contributed by atoms with Crippen molar-refractivity contribution < 1.29 is 32.2 Å². The zero-order valence-electron chi connectivity index (χ0n) is 9.14. The average Bonchev–Trinajstić information content (AvgIpc) is 2.36. The summed E-state index contributed by atoms with van der Waals surface area (Å²) in [5.74, 6) is -9.07. The van der Waals surface area contributed by atoms with Gasteiger partial charge in [-0.25, -0.2) is 22.4 Å². The largest absolute Gasteiger partial charge is 0.465 e. The van der Waals surface area contributed by atoms with Crippen LogP contribution in [0.25, 0.3) is 0 Å². The Morgan fingerprint density at radius 1 is 1.22 bits per heavy atom. The lowest BCUT2D eigenvalue weighted by Gasteiger charge is -2.14. The number of aliphatic hydroxyl groups is 1. The monoisotopic (exact) mass is 267 g/mol. The molecule has 0 aliphatic heterocycles. The van der Waals surface area contributed by atoms with Gasteiger partial charge in [0, 0.05) is 5.56 Å². The maximum absolute atomic E-state index is 13.5. The standard InChI is InChI=1S/C10H9F4NO3/c1-18-10(17)5-8(13)6(11)4(3(15)2-16)7(12)9(5)14/h3,16H,2,15H2,1H3. The van der Waals surface area contributed by atoms with E-state index in [0.29, 0.717) is 0 Å². The zero-order valence-corrected chi connectivity index (χ0v) is 9.14. The first kappa shape index (κ1) is 14.4. The van der Waals surface area contributed by atoms with Gasteiger partial charge in [0.2, 0.25) is 0 Å². The van der Waals surface area contributed by atoms with Crippen LogP contribution in [0.1, 0.15) is 22.0 Å². The topological polar surface area (TPSA) is 72.5 Å². The van der Waals surface area contributed by atoms with Crippen molar-refractivity contribution >= 4 is 5.97 Å². The number of carbonyl (C=O) groups excluding carboxylic acids is 1. The van der Waals surface area contributed by atoms with E-state index < -0.39 is 53.0 Å². The van der Waals surface area contributed by atoms with Gasteiger partial charge in [-0.15, -0.1) is 0 Å². The van der Waals surface area contributed by atoms with Gasteiger partial charge in [0.1, 0.15) is 5.56 Å². The number of benzene rings is 1. The summed E-state index contributed by atoms with van der Waals surface area (Å²) >= 11 is 0. The van der Waals surface area contributed by atoms with Crippen molar-refractivity contribution in [1.29, 1.82) is 0 Å². The molecule has 0 saturated carbocycles. The number of aliphatic hydroxyl groups excluding tert-OH is 1. The molecule has 18 heavy (non-hydrogen) atoms. The van der Waals surface area contributed by atoms with Crippen molar-refractivity contribution in [2.45, 2.75) is 6.04 Å². The third kappa shape index (κ3) is 2.16. The molecule has 8 heteroatoms. The van der Waals surface area contributed by atoms with Crippen LogP contribution in [0, 0.1) is 23.3 Å². The van der Waals surface area contributed by atoms with E-state index in [1.807, 2.05) is 0 Å². The number of nitrogens with two attached hydrogens (primary N) is 1. The predicted molar refractivity (Wildman–Crippen MR) is 51.6 cm³/mol. The summed E-state index contributed by atoms with van der Waals surface area (Å²) in [6, 6.07) is -1.65. The third-order valence-corrected chi connectivity index (χ3v) is 2.25. The first-order valence-electron chi connectivity index (χ1n) is 4.67. The van der Waals surface area contributed by atoms with Crippen molar-refractivity contribution in [3.05, 3.63) is 34.4 Å². The van der Waals surface area contributed by atoms with Crippen LogP contribution in [-0.2, 0) is 4.74 Å². The molecule has 100 valence electrons. The van der Waals surface area contributed by atoms with Crippen molar-refractivity contribution in [1.82, 2.24) is 0 Å². The summed E-state index contributed by atoms with van der Waals surface area (Å²) in [5, 5.41) is 8.65. The molecule has 3 N–H and O–H groups in total. The molecule has 1 aromatic rings. The van der Waals surface area contributed by atoms with E-state index in [2.05, 4.69) is 4.74 Å². The number of hydrogen-bond acceptors (Lipinski definition) is 4. The fourth-order valence-electron chi connectivity index (χ4n) is 1.35. The lowest BCUT2D eigenvalue weighted by atomic mass is 10.0. The number of esters is 1. The second kappa shape index (κ2) is 5.32. The smallest absolute Gasteiger partial charge is 0.344 e. The molecule has 0 aliphatic rings. The van der Waals surface area contributed by atoms with E-state index in [4.69, 9.17) is 10.8 Å². The van der Waals surface area contributed by atoms with Gasteiger partial charge >= 0.3 is 5.97 Å². The fourth-order valence-corrected chi connectivity index (χ4v) is 1.35. The van der Waals surface area contributed by atoms with Crippen molar-refractivity contribution in [2.75, 3.05) is 13.7 Å². The molecule has 0 spiro atoms. The van der Waals surface area contributed by atoms with E-state index in [1.54, 1.807) is 0 Å². The van der Waals surface area contributed by atoms with E-state index in [1.165, 1.54) is 0 Å². The van der Waals surface area contributed by atoms with Gasteiger partial charge in [0.15, 0.2) is 23.3 Å². The number of halogens is 4. The molecule has 0 radical (unpaired) electrons. The predicted octanol–water partition coefficient (Wildman–Crippen LogP) is 1.02. The minimum Gasteiger partial charge on any atom is -0.465 e. The minimum absolute atomic E-state index is 0.796. The molecular formula is C10H9F4NO3. The first-order chi connectivity index (χ1) is 8.36. The van der Waals surface area contributed by atoms with Crippen LogP contribution in [0.3, 0.4) is 0 Å². The molecule has 0 aromatic heterocycles. The fraction of sp³-hybridized carbons (Fsp3) is 0.300. The molecular weight excluding hydrogens is 258 g/mol. The molecule has 0 heterocycles. The zero-order chi connectivity index (χ0) is 14.0. The number of hydrogen-bond donors (Lipinski definition) is 2. The lowest BCUT2D eigenvalue weighted by molar-refractivity contribution is 0.0586. The summed E-state index contributed by atoms with van der Waals surface area (Å²) in [4.78, 5) is 11.0. The highest BCUT2D eigenvalue weighted by Gasteiger charge is 2.31. The Hall–Kier alpha value is -1.67. The Bertz CT molecular complexity index is 463. The Balaban J connectivity index is 3.60. The van der Waals surface area contributed by atoms with E-state index in [-0.39, 0.29) is 0 Å². The van der Waals surface area contributed by atoms with Gasteiger partial charge in [-0.1, -0.05) is 0 Å². The maximum Gasteiger partial charge on any atom is 0.344 e. The molecule has 0 bridgehead atoms. The van der Waals surface area contributed by atoms with E-state index in [9.17, 15) is 22.4 Å². The second-order valence-electron chi connectivity index (χ2n) is 3.33. The van der Waals surface area contributed by atoms with Crippen molar-refractivity contribution in [2.24, 2.45) is 5.73 Å². The van der Waals surface area contributed by atoms with Crippen LogP contribution < -0.4 is 5.73 Å². The summed E-state index contributed by atoms with van der Waals surface area (Å²) in [5.41, 5.74) is 2.46. The maximum atomic E-state index is 13.5. The molecule has 0 aliphatic carbocycles. The van der Waals surface area contributed by atoms with Crippen LogP contribution in [0.15, 0.2) is 0 Å². The summed E-state index contributed by atoms with van der Waals surface area (Å²) < 4.78 is 57.7. The minimum atomic E-state index is -1.92. The molecule has 1 rings (SSSR count). The van der Waals surface area contributed by atoms with Gasteiger partial charge in [-0.2, -0.15) is 0 Å². The van der Waals surface area contributed by atoms with Crippen LogP contribution in [0.4, 0.5) is 17.6 Å². The normalized spacial score (nSPS) is 12.4. The summed E-state index contributed by atoms with van der Waals surface area (Å²) in [6.45, 7) is -0.926. The second-order valence-corrected chi connectivity index (χ2v) is 3.33. The van der Waals surface area contributed by atoms with Gasteiger partial charge in [0.25, 0.3) is 0 Å². The molecule has 0 saturated heterocycles. The van der Waals surface area contributed by atoms with Crippen molar-refractivity contribution in [3.8, 4) is 0 Å². The molecule has 0 fully saturated rings. The summed E-state index contributed by atoms with van der Waals surface area (Å²) in [6.07, 6.45) is 0. The lowest BCUT2D eigenvalue weighted by Crippen LogP contribution is -2.22. The highest BCUT2D eigenvalue weighted by Crippen LogP contribution is 2.27. The van der Waals surface area contributed by atoms with Gasteiger partial charge in [-0.3, -0.25) is 0 Å². The Kier molecular flexibility index (Phi) is 4.25. The van der Waals surface area contributed by atoms with Crippen LogP contribution >= 0.6 is 0 Å². The molecule has 1 atom stereocenters. The molecule has 1 aromatic carbocycles. The molecule has 0 amide bonds. The Morgan fingerprint density at radius 3 is 2.00 bits per heavy atom. The number of rotatable bonds is 3. The van der Waals surface area contributed by atoms with E-state index >= 15 is 0 Å². The van der Waals surface area contributed by atoms with Gasteiger partial charge < -0.3 is 15.6 Å². The number of carbonyl (C=O) groups is 1. The number of methoxy groups -OCH3 is 1. The average molecular weight is 267 g/mol. The van der Waals surface area contributed by atoms with Crippen LogP contribution in [0.2, 0.25) is 0 Å². The van der Waals surface area contributed by atoms with Crippen molar-refractivity contribution in [3.63, 3.8) is 0 Å². The quantitative estimate of drug-likeness (QED) is 0.487. The SMILES string of the molecule is COC(=O)c1c(F)c(F)c(C(N)CO)c(F)c1F. The van der Waals surface area contributed by atoms with Crippen LogP contribution in [-0.4, -0.2) is 24.8 Å². The van der Waals surface area contributed by atoms with E-state index in [0.717, 1.165) is 7.11 Å². The highest BCUT2D eigenvalue weighted by molar-refractivity contribution is 5.90. The molecule has 1 unspecified atom stereocenters. The van der Waals surface area contributed by atoms with Gasteiger partial charge in [0.05, 0.1) is 19.8 Å². The Morgan fingerprint density at radius 2 is 1.67 bits per heavy atom. The first-order valence-corrected chi connectivity index (χ1v) is 4.67. The van der Waals surface area contributed by atoms with Gasteiger partial charge in [-0.05, 0) is 0 Å². The molecule has 4 nitrogen and oxygen atoms in total. The number of ether oxygens (including phenoxy) is 1. The van der Waals surface area contributed by atoms with Crippen LogP contribution in [0.5, 0.6) is 0 Å².